The molecule has 1 saturated heterocycles. The Labute approximate surface area is 113 Å². The first-order valence-corrected chi connectivity index (χ1v) is 6.62. The Hall–Kier alpha value is -1.40. The van der Waals surface area contributed by atoms with E-state index in [1.807, 2.05) is 13.0 Å². The van der Waals surface area contributed by atoms with Gasteiger partial charge < -0.3 is 14.6 Å². The zero-order valence-corrected chi connectivity index (χ0v) is 11.5. The van der Waals surface area contributed by atoms with Gasteiger partial charge in [0.05, 0.1) is 25.9 Å². The molecular formula is C13H21N3O3. The molecule has 0 spiro atoms. The van der Waals surface area contributed by atoms with Crippen LogP contribution in [0.2, 0.25) is 0 Å². The highest BCUT2D eigenvalue weighted by atomic mass is 16.5. The number of aryl methyl sites for hydroxylation is 1. The van der Waals surface area contributed by atoms with Crippen molar-refractivity contribution in [3.8, 4) is 0 Å². The first-order valence-electron chi connectivity index (χ1n) is 6.62. The molecular weight excluding hydrogens is 246 g/mol. The summed E-state index contributed by atoms with van der Waals surface area (Å²) in [5, 5.41) is 7.32. The van der Waals surface area contributed by atoms with E-state index in [0.717, 1.165) is 37.4 Å². The van der Waals surface area contributed by atoms with Gasteiger partial charge >= 0.3 is 5.97 Å². The summed E-state index contributed by atoms with van der Waals surface area (Å²) in [5.74, 6) is 0.707. The lowest BCUT2D eigenvalue weighted by Crippen LogP contribution is -2.44. The van der Waals surface area contributed by atoms with Crippen molar-refractivity contribution in [2.75, 3.05) is 26.7 Å². The number of aromatic nitrogens is 1. The summed E-state index contributed by atoms with van der Waals surface area (Å²) in [6, 6.07) is 2.42. The largest absolute Gasteiger partial charge is 0.468 e. The number of esters is 1. The number of hydrogen-bond acceptors (Lipinski definition) is 6. The number of nitrogens with one attached hydrogen (secondary N) is 1. The number of piperidine rings is 1. The summed E-state index contributed by atoms with van der Waals surface area (Å²) in [7, 11) is 1.43. The van der Waals surface area contributed by atoms with Gasteiger partial charge in [0.1, 0.15) is 0 Å². The van der Waals surface area contributed by atoms with Gasteiger partial charge in [-0.3, -0.25) is 9.69 Å². The van der Waals surface area contributed by atoms with Gasteiger partial charge in [-0.1, -0.05) is 5.16 Å². The first-order chi connectivity index (χ1) is 9.17. The van der Waals surface area contributed by atoms with Crippen molar-refractivity contribution < 1.29 is 14.1 Å². The third-order valence-corrected chi connectivity index (χ3v) is 3.41. The molecule has 2 heterocycles. The van der Waals surface area contributed by atoms with Gasteiger partial charge in [-0.2, -0.15) is 0 Å². The van der Waals surface area contributed by atoms with E-state index < -0.39 is 0 Å². The molecule has 0 aliphatic carbocycles. The minimum Gasteiger partial charge on any atom is -0.468 e. The number of ether oxygens (including phenoxy) is 1. The van der Waals surface area contributed by atoms with Gasteiger partial charge in [0.25, 0.3) is 0 Å². The molecule has 1 aromatic heterocycles. The average Bonchev–Trinajstić information content (AvgIpc) is 2.83. The Bertz CT molecular complexity index is 411. The van der Waals surface area contributed by atoms with Crippen LogP contribution in [0.3, 0.4) is 0 Å². The molecule has 106 valence electrons. The molecule has 1 N–H and O–H groups in total. The lowest BCUT2D eigenvalue weighted by Gasteiger charge is -2.31. The van der Waals surface area contributed by atoms with E-state index in [1.165, 1.54) is 7.11 Å². The lowest BCUT2D eigenvalue weighted by molar-refractivity contribution is -0.142. The molecule has 0 aromatic carbocycles. The zero-order valence-electron chi connectivity index (χ0n) is 11.5. The normalized spacial score (nSPS) is 17.6. The van der Waals surface area contributed by atoms with Crippen molar-refractivity contribution in [1.82, 2.24) is 15.4 Å². The van der Waals surface area contributed by atoms with Crippen molar-refractivity contribution in [1.29, 1.82) is 0 Å². The van der Waals surface area contributed by atoms with Crippen LogP contribution in [0.15, 0.2) is 10.6 Å². The van der Waals surface area contributed by atoms with E-state index in [-0.39, 0.29) is 5.97 Å². The van der Waals surface area contributed by atoms with Crippen molar-refractivity contribution >= 4 is 5.97 Å². The van der Waals surface area contributed by atoms with E-state index >= 15 is 0 Å². The molecule has 1 aromatic rings. The second-order valence-corrected chi connectivity index (χ2v) is 4.94. The molecule has 1 fully saturated rings. The van der Waals surface area contributed by atoms with Crippen LogP contribution >= 0.6 is 0 Å². The van der Waals surface area contributed by atoms with Gasteiger partial charge in [-0.05, 0) is 19.8 Å². The number of likely N-dealkylation sites (tertiary alicyclic amines) is 1. The maximum atomic E-state index is 11.2. The summed E-state index contributed by atoms with van der Waals surface area (Å²) in [4.78, 5) is 13.3. The molecule has 1 aliphatic heterocycles. The number of rotatable bonds is 5. The number of hydrogen-bond donors (Lipinski definition) is 1. The monoisotopic (exact) mass is 267 g/mol. The van der Waals surface area contributed by atoms with Crippen molar-refractivity contribution in [3.05, 3.63) is 17.5 Å². The number of methoxy groups -OCH3 is 1. The molecule has 0 amide bonds. The molecule has 6 heteroatoms. The number of carbonyl (C=O) groups is 1. The standard InChI is InChI=1S/C13H21N3O3/c1-10-7-12(19-15-10)8-14-11-3-5-16(6-4-11)9-13(17)18-2/h7,11,14H,3-6,8-9H2,1-2H3. The molecule has 19 heavy (non-hydrogen) atoms. The molecule has 1 aliphatic rings. The van der Waals surface area contributed by atoms with Crippen LogP contribution in [0.4, 0.5) is 0 Å². The summed E-state index contributed by atoms with van der Waals surface area (Å²) in [5.41, 5.74) is 0.907. The van der Waals surface area contributed by atoms with Crippen LogP contribution < -0.4 is 5.32 Å². The first kappa shape index (κ1) is 14.0. The minimum absolute atomic E-state index is 0.163. The molecule has 0 unspecified atom stereocenters. The third kappa shape index (κ3) is 4.33. The SMILES string of the molecule is COC(=O)CN1CCC(NCc2cc(C)no2)CC1. The van der Waals surface area contributed by atoms with E-state index in [9.17, 15) is 4.79 Å². The van der Waals surface area contributed by atoms with Gasteiger partial charge in [0, 0.05) is 25.2 Å². The minimum atomic E-state index is -0.163. The topological polar surface area (TPSA) is 67.6 Å². The van der Waals surface area contributed by atoms with Crippen molar-refractivity contribution in [2.24, 2.45) is 0 Å². The average molecular weight is 267 g/mol. The summed E-state index contributed by atoms with van der Waals surface area (Å²) >= 11 is 0. The fraction of sp³-hybridized carbons (Fsp3) is 0.692. The third-order valence-electron chi connectivity index (χ3n) is 3.41. The van der Waals surface area contributed by atoms with Gasteiger partial charge in [-0.25, -0.2) is 0 Å². The van der Waals surface area contributed by atoms with Crippen LogP contribution in [-0.4, -0.2) is 48.8 Å². The van der Waals surface area contributed by atoms with Crippen LogP contribution in [-0.2, 0) is 16.1 Å². The highest BCUT2D eigenvalue weighted by molar-refractivity contribution is 5.71. The van der Waals surface area contributed by atoms with Crippen LogP contribution in [0.25, 0.3) is 0 Å². The summed E-state index contributed by atoms with van der Waals surface area (Å²) < 4.78 is 9.83. The Morgan fingerprint density at radius 3 is 2.89 bits per heavy atom. The van der Waals surface area contributed by atoms with E-state index in [1.54, 1.807) is 0 Å². The number of carbonyl (C=O) groups excluding carboxylic acids is 1. The Morgan fingerprint density at radius 2 is 2.32 bits per heavy atom. The quantitative estimate of drug-likeness (QED) is 0.793. The van der Waals surface area contributed by atoms with Gasteiger partial charge in [0.15, 0.2) is 5.76 Å². The Morgan fingerprint density at radius 1 is 1.58 bits per heavy atom. The summed E-state index contributed by atoms with van der Waals surface area (Å²) in [6.45, 7) is 4.86. The maximum absolute atomic E-state index is 11.2. The second kappa shape index (κ2) is 6.68. The molecule has 0 saturated carbocycles. The Kier molecular flexibility index (Phi) is 4.93. The van der Waals surface area contributed by atoms with Crippen molar-refractivity contribution in [2.45, 2.75) is 32.4 Å². The predicted octanol–water partition coefficient (Wildman–Crippen LogP) is 0.710. The number of nitrogens with zero attached hydrogens (tertiary/aromatic N) is 2. The lowest BCUT2D eigenvalue weighted by atomic mass is 10.1. The van der Waals surface area contributed by atoms with Crippen LogP contribution in [0.1, 0.15) is 24.3 Å². The highest BCUT2D eigenvalue weighted by Gasteiger charge is 2.20. The van der Waals surface area contributed by atoms with Crippen LogP contribution in [0.5, 0.6) is 0 Å². The van der Waals surface area contributed by atoms with E-state index in [0.29, 0.717) is 19.1 Å². The fourth-order valence-electron chi connectivity index (χ4n) is 2.29. The molecule has 6 nitrogen and oxygen atoms in total. The van der Waals surface area contributed by atoms with E-state index in [2.05, 4.69) is 20.1 Å². The summed E-state index contributed by atoms with van der Waals surface area (Å²) in [6.07, 6.45) is 2.06. The smallest absolute Gasteiger partial charge is 0.319 e. The maximum Gasteiger partial charge on any atom is 0.319 e. The van der Waals surface area contributed by atoms with Crippen LogP contribution in [0, 0.1) is 6.92 Å². The van der Waals surface area contributed by atoms with E-state index in [4.69, 9.17) is 4.52 Å². The molecule has 0 radical (unpaired) electrons. The zero-order chi connectivity index (χ0) is 13.7. The highest BCUT2D eigenvalue weighted by Crippen LogP contribution is 2.11. The van der Waals surface area contributed by atoms with Gasteiger partial charge in [-0.15, -0.1) is 0 Å². The Balaban J connectivity index is 1.67. The second-order valence-electron chi connectivity index (χ2n) is 4.94. The molecule has 2 rings (SSSR count). The molecule has 0 bridgehead atoms. The predicted molar refractivity (Wildman–Crippen MR) is 69.6 cm³/mol. The fourth-order valence-corrected chi connectivity index (χ4v) is 2.29. The molecule has 0 atom stereocenters. The van der Waals surface area contributed by atoms with Gasteiger partial charge in [0.2, 0.25) is 0 Å². The van der Waals surface area contributed by atoms with Crippen molar-refractivity contribution in [3.63, 3.8) is 0 Å².